The highest BCUT2D eigenvalue weighted by atomic mass is 19.1. The molecular weight excluding hydrogens is 337 g/mol. The first-order valence-electron chi connectivity index (χ1n) is 7.90. The smallest absolute Gasteiger partial charge is 0.321 e. The minimum atomic E-state index is -0.529. The molecule has 1 aliphatic rings. The molecule has 0 bridgehead atoms. The Bertz CT molecular complexity index is 982. The zero-order chi connectivity index (χ0) is 18.1. The van der Waals surface area contributed by atoms with Crippen molar-refractivity contribution in [1.82, 2.24) is 20.5 Å². The summed E-state index contributed by atoms with van der Waals surface area (Å²) in [6.07, 6.45) is 3.19. The van der Waals surface area contributed by atoms with Gasteiger partial charge in [-0.1, -0.05) is 12.1 Å². The Labute approximate surface area is 147 Å². The minimum absolute atomic E-state index is 0.301. The molecule has 3 heterocycles. The number of aromatic amines is 1. The lowest BCUT2D eigenvalue weighted by Crippen LogP contribution is -2.50. The summed E-state index contributed by atoms with van der Waals surface area (Å²) in [6.45, 7) is 1.78. The molecule has 4 rings (SSSR count). The first-order chi connectivity index (χ1) is 12.6. The van der Waals surface area contributed by atoms with Crippen LogP contribution in [0.1, 0.15) is 18.5 Å². The molecule has 1 atom stereocenters. The number of nitrogens with one attached hydrogen (secondary N) is 3. The molecule has 26 heavy (non-hydrogen) atoms. The van der Waals surface area contributed by atoms with Crippen LogP contribution in [0.5, 0.6) is 0 Å². The summed E-state index contributed by atoms with van der Waals surface area (Å²) in [4.78, 5) is 17.0. The van der Waals surface area contributed by atoms with Crippen molar-refractivity contribution in [2.45, 2.75) is 13.0 Å². The van der Waals surface area contributed by atoms with E-state index in [2.05, 4.69) is 31.1 Å². The van der Waals surface area contributed by atoms with Gasteiger partial charge in [0.2, 0.25) is 0 Å². The zero-order valence-electron chi connectivity index (χ0n) is 13.8. The SMILES string of the molecule is CC1=C(C(=O)Nc2cccnc2)C(c2ccc(F)cc2)[n+]2[nH]nnc2N1. The van der Waals surface area contributed by atoms with E-state index in [-0.39, 0.29) is 11.7 Å². The number of carbonyl (C=O) groups is 1. The van der Waals surface area contributed by atoms with Crippen molar-refractivity contribution >= 4 is 17.5 Å². The molecule has 0 radical (unpaired) electrons. The summed E-state index contributed by atoms with van der Waals surface area (Å²) in [6, 6.07) is 8.93. The highest BCUT2D eigenvalue weighted by Gasteiger charge is 2.38. The van der Waals surface area contributed by atoms with Crippen molar-refractivity contribution in [3.8, 4) is 0 Å². The van der Waals surface area contributed by atoms with Crippen LogP contribution < -0.4 is 15.3 Å². The van der Waals surface area contributed by atoms with Gasteiger partial charge in [0, 0.05) is 6.20 Å². The molecule has 0 fully saturated rings. The Morgan fingerprint density at radius 1 is 1.27 bits per heavy atom. The summed E-state index contributed by atoms with van der Waals surface area (Å²) in [5.74, 6) is -0.183. The van der Waals surface area contributed by atoms with Gasteiger partial charge >= 0.3 is 5.95 Å². The molecule has 8 nitrogen and oxygen atoms in total. The monoisotopic (exact) mass is 352 g/mol. The van der Waals surface area contributed by atoms with Gasteiger partial charge < -0.3 is 5.32 Å². The van der Waals surface area contributed by atoms with E-state index in [1.807, 2.05) is 0 Å². The van der Waals surface area contributed by atoms with E-state index in [0.717, 1.165) is 5.56 Å². The first kappa shape index (κ1) is 15.9. The van der Waals surface area contributed by atoms with Gasteiger partial charge in [0.15, 0.2) is 6.04 Å². The van der Waals surface area contributed by atoms with Gasteiger partial charge in [0.25, 0.3) is 5.91 Å². The summed E-state index contributed by atoms with van der Waals surface area (Å²) in [5.41, 5.74) is 2.40. The lowest BCUT2D eigenvalue weighted by atomic mass is 9.95. The van der Waals surface area contributed by atoms with Crippen LogP contribution in [-0.2, 0) is 4.79 Å². The fourth-order valence-corrected chi connectivity index (χ4v) is 2.94. The largest absolute Gasteiger partial charge is 0.405 e. The second-order valence-electron chi connectivity index (χ2n) is 5.81. The number of hydrogen-bond acceptors (Lipinski definition) is 5. The quantitative estimate of drug-likeness (QED) is 0.621. The Morgan fingerprint density at radius 3 is 2.81 bits per heavy atom. The van der Waals surface area contributed by atoms with Gasteiger partial charge in [-0.3, -0.25) is 15.1 Å². The van der Waals surface area contributed by atoms with E-state index in [1.165, 1.54) is 12.1 Å². The molecule has 0 saturated carbocycles. The van der Waals surface area contributed by atoms with Crippen LogP contribution in [-0.4, -0.2) is 26.4 Å². The Kier molecular flexibility index (Phi) is 3.88. The molecule has 1 amide bonds. The van der Waals surface area contributed by atoms with E-state index in [9.17, 15) is 9.18 Å². The van der Waals surface area contributed by atoms with E-state index < -0.39 is 6.04 Å². The second kappa shape index (κ2) is 6.36. The molecule has 2 aromatic heterocycles. The van der Waals surface area contributed by atoms with E-state index >= 15 is 0 Å². The molecule has 0 aliphatic carbocycles. The van der Waals surface area contributed by atoms with Crippen LogP contribution in [0.3, 0.4) is 0 Å². The van der Waals surface area contributed by atoms with Crippen molar-refractivity contribution in [3.05, 3.63) is 71.4 Å². The van der Waals surface area contributed by atoms with Crippen LogP contribution in [0.2, 0.25) is 0 Å². The van der Waals surface area contributed by atoms with Crippen molar-refractivity contribution in [1.29, 1.82) is 0 Å². The van der Waals surface area contributed by atoms with E-state index in [0.29, 0.717) is 22.9 Å². The number of anilines is 2. The topological polar surface area (TPSA) is 99.5 Å². The molecular formula is C17H15FN7O+. The summed E-state index contributed by atoms with van der Waals surface area (Å²) in [5, 5.41) is 16.4. The number of tetrazole rings is 1. The number of carbonyl (C=O) groups excluding carboxylic acids is 1. The number of allylic oxidation sites excluding steroid dienone is 1. The van der Waals surface area contributed by atoms with Gasteiger partial charge in [-0.15, -0.1) is 9.90 Å². The van der Waals surface area contributed by atoms with Crippen LogP contribution >= 0.6 is 0 Å². The number of benzene rings is 1. The molecule has 0 spiro atoms. The van der Waals surface area contributed by atoms with Crippen LogP contribution in [0.4, 0.5) is 16.0 Å². The molecule has 1 aromatic carbocycles. The van der Waals surface area contributed by atoms with Gasteiger partial charge in [0.05, 0.1) is 28.3 Å². The van der Waals surface area contributed by atoms with Crippen molar-refractivity contribution in [2.75, 3.05) is 10.6 Å². The van der Waals surface area contributed by atoms with Crippen LogP contribution in [0.15, 0.2) is 60.1 Å². The number of pyridine rings is 1. The number of amides is 1. The second-order valence-corrected chi connectivity index (χ2v) is 5.81. The standard InChI is InChI=1S/C17H14FN7O/c1-10-14(16(26)21-13-3-2-8-19-9-13)15(11-4-6-12(18)7-5-11)25-17(20-10)22-23-24-25/h2-9,15H,1H3,(H2,20,21,22,24,26)/p+1. The molecule has 130 valence electrons. The third kappa shape index (κ3) is 2.79. The van der Waals surface area contributed by atoms with E-state index in [4.69, 9.17) is 0 Å². The highest BCUT2D eigenvalue weighted by molar-refractivity contribution is 6.05. The average Bonchev–Trinajstić information content (AvgIpc) is 3.10. The summed E-state index contributed by atoms with van der Waals surface area (Å²) >= 11 is 0. The van der Waals surface area contributed by atoms with Crippen molar-refractivity contribution in [2.24, 2.45) is 0 Å². The minimum Gasteiger partial charge on any atom is -0.321 e. The zero-order valence-corrected chi connectivity index (χ0v) is 13.8. The number of nitrogens with zero attached hydrogens (tertiary/aromatic N) is 4. The number of fused-ring (bicyclic) bond motifs is 1. The molecule has 1 aliphatic heterocycles. The molecule has 3 aromatic rings. The number of hydrogen-bond donors (Lipinski definition) is 3. The molecule has 9 heteroatoms. The third-order valence-corrected chi connectivity index (χ3v) is 4.11. The lowest BCUT2D eigenvalue weighted by molar-refractivity contribution is -0.750. The lowest BCUT2D eigenvalue weighted by Gasteiger charge is -2.24. The third-order valence-electron chi connectivity index (χ3n) is 4.11. The van der Waals surface area contributed by atoms with Gasteiger partial charge in [-0.2, -0.15) is 0 Å². The normalized spacial score (nSPS) is 16.0. The maximum Gasteiger partial charge on any atom is 0.405 e. The van der Waals surface area contributed by atoms with Gasteiger partial charge in [-0.25, -0.2) is 4.39 Å². The number of halogens is 1. The number of H-pyrrole nitrogens is 1. The van der Waals surface area contributed by atoms with Crippen LogP contribution in [0.25, 0.3) is 0 Å². The maximum atomic E-state index is 13.4. The van der Waals surface area contributed by atoms with Crippen molar-refractivity contribution in [3.63, 3.8) is 0 Å². The summed E-state index contributed by atoms with van der Waals surface area (Å²) in [7, 11) is 0. The van der Waals surface area contributed by atoms with E-state index in [1.54, 1.807) is 48.3 Å². The maximum absolute atomic E-state index is 13.4. The molecule has 0 saturated heterocycles. The predicted octanol–water partition coefficient (Wildman–Crippen LogP) is 1.55. The first-order valence-corrected chi connectivity index (χ1v) is 7.90. The Balaban J connectivity index is 1.77. The Hall–Kier alpha value is -3.62. The van der Waals surface area contributed by atoms with Gasteiger partial charge in [0.1, 0.15) is 11.0 Å². The fraction of sp³-hybridized carbons (Fsp3) is 0.118. The molecule has 1 unspecified atom stereocenters. The summed E-state index contributed by atoms with van der Waals surface area (Å²) < 4.78 is 15.0. The average molecular weight is 352 g/mol. The molecule has 3 N–H and O–H groups in total. The number of rotatable bonds is 3. The van der Waals surface area contributed by atoms with Gasteiger partial charge in [-0.05, 0) is 36.8 Å². The van der Waals surface area contributed by atoms with Crippen molar-refractivity contribution < 1.29 is 13.9 Å². The Morgan fingerprint density at radius 2 is 2.08 bits per heavy atom. The van der Waals surface area contributed by atoms with Crippen LogP contribution in [0, 0.1) is 5.82 Å². The number of aromatic nitrogens is 5. The highest BCUT2D eigenvalue weighted by Crippen LogP contribution is 2.29. The predicted molar refractivity (Wildman–Crippen MR) is 90.3 cm³/mol. The fourth-order valence-electron chi connectivity index (χ4n) is 2.94.